The molecule has 6 heteroatoms. The molecule has 18 heavy (non-hydrogen) atoms. The normalized spacial score (nSPS) is 10.3. The topological polar surface area (TPSA) is 72.2 Å². The van der Waals surface area contributed by atoms with Gasteiger partial charge in [0.15, 0.2) is 0 Å². The Kier molecular flexibility index (Phi) is 3.18. The van der Waals surface area contributed by atoms with Crippen LogP contribution in [-0.4, -0.2) is 20.9 Å². The predicted octanol–water partition coefficient (Wildman–Crippen LogP) is 1.13. The highest BCUT2D eigenvalue weighted by Gasteiger charge is 2.09. The third-order valence-corrected chi connectivity index (χ3v) is 2.41. The molecular formula is C12H9FN2O3. The van der Waals surface area contributed by atoms with Crippen molar-refractivity contribution >= 4 is 5.97 Å². The first-order chi connectivity index (χ1) is 8.58. The third-order valence-electron chi connectivity index (χ3n) is 2.41. The molecule has 0 spiro atoms. The molecule has 0 bridgehead atoms. The van der Waals surface area contributed by atoms with E-state index in [1.807, 2.05) is 0 Å². The van der Waals surface area contributed by atoms with E-state index in [-0.39, 0.29) is 23.2 Å². The number of hydrogen-bond donors (Lipinski definition) is 1. The number of aromatic nitrogens is 2. The molecule has 0 aliphatic rings. The van der Waals surface area contributed by atoms with Crippen LogP contribution in [0.15, 0.2) is 41.3 Å². The summed E-state index contributed by atoms with van der Waals surface area (Å²) in [6, 6.07) is 6.35. The summed E-state index contributed by atoms with van der Waals surface area (Å²) in [5, 5.41) is 12.5. The van der Waals surface area contributed by atoms with Gasteiger partial charge in [-0.2, -0.15) is 5.10 Å². The van der Waals surface area contributed by atoms with Crippen LogP contribution in [0.5, 0.6) is 0 Å². The number of carboxylic acids is 1. The van der Waals surface area contributed by atoms with Crippen LogP contribution < -0.4 is 5.56 Å². The number of benzene rings is 1. The summed E-state index contributed by atoms with van der Waals surface area (Å²) in [7, 11) is 0. The Labute approximate surface area is 101 Å². The number of aromatic carboxylic acids is 1. The van der Waals surface area contributed by atoms with Crippen molar-refractivity contribution < 1.29 is 14.3 Å². The van der Waals surface area contributed by atoms with Gasteiger partial charge in [-0.1, -0.05) is 6.07 Å². The quantitative estimate of drug-likeness (QED) is 0.883. The average Bonchev–Trinajstić information content (AvgIpc) is 2.34. The SMILES string of the molecule is O=C(O)c1ccc(Cn2ncccc2=O)c(F)c1. The van der Waals surface area contributed by atoms with E-state index in [9.17, 15) is 14.0 Å². The van der Waals surface area contributed by atoms with E-state index in [1.54, 1.807) is 0 Å². The average molecular weight is 248 g/mol. The molecule has 5 nitrogen and oxygen atoms in total. The maximum Gasteiger partial charge on any atom is 0.335 e. The molecule has 0 saturated carbocycles. The number of halogens is 1. The summed E-state index contributed by atoms with van der Waals surface area (Å²) in [4.78, 5) is 22.0. The van der Waals surface area contributed by atoms with Gasteiger partial charge in [-0.05, 0) is 18.2 Å². The molecule has 92 valence electrons. The fourth-order valence-corrected chi connectivity index (χ4v) is 1.48. The monoisotopic (exact) mass is 248 g/mol. The molecule has 2 rings (SSSR count). The van der Waals surface area contributed by atoms with Crippen molar-refractivity contribution in [3.8, 4) is 0 Å². The summed E-state index contributed by atoms with van der Waals surface area (Å²) in [6.45, 7) is -0.0363. The fourth-order valence-electron chi connectivity index (χ4n) is 1.48. The van der Waals surface area contributed by atoms with Crippen LogP contribution in [0.4, 0.5) is 4.39 Å². The van der Waals surface area contributed by atoms with E-state index in [4.69, 9.17) is 5.11 Å². The standard InChI is InChI=1S/C12H9FN2O3/c13-10-6-8(12(17)18)3-4-9(10)7-15-11(16)2-1-5-14-15/h1-6H,7H2,(H,17,18). The second kappa shape index (κ2) is 4.79. The summed E-state index contributed by atoms with van der Waals surface area (Å²) in [5.74, 6) is -1.87. The molecule has 0 saturated heterocycles. The summed E-state index contributed by atoms with van der Waals surface area (Å²) in [5.41, 5.74) is -0.273. The van der Waals surface area contributed by atoms with E-state index in [2.05, 4.69) is 5.10 Å². The number of hydrogen-bond acceptors (Lipinski definition) is 3. The molecule has 1 aromatic heterocycles. The number of rotatable bonds is 3. The van der Waals surface area contributed by atoms with Crippen LogP contribution in [0, 0.1) is 5.82 Å². The molecule has 1 N–H and O–H groups in total. The molecule has 0 radical (unpaired) electrons. The fraction of sp³-hybridized carbons (Fsp3) is 0.0833. The molecule has 0 amide bonds. The lowest BCUT2D eigenvalue weighted by Crippen LogP contribution is -2.22. The Bertz CT molecular complexity index is 652. The van der Waals surface area contributed by atoms with Gasteiger partial charge < -0.3 is 5.11 Å². The van der Waals surface area contributed by atoms with Crippen molar-refractivity contribution in [2.24, 2.45) is 0 Å². The van der Waals surface area contributed by atoms with Crippen LogP contribution in [0.3, 0.4) is 0 Å². The van der Waals surface area contributed by atoms with Gasteiger partial charge in [0, 0.05) is 17.8 Å². The van der Waals surface area contributed by atoms with Crippen molar-refractivity contribution in [1.29, 1.82) is 0 Å². The Morgan fingerprint density at radius 3 is 2.78 bits per heavy atom. The molecule has 0 unspecified atom stereocenters. The van der Waals surface area contributed by atoms with Gasteiger partial charge in [-0.3, -0.25) is 4.79 Å². The minimum Gasteiger partial charge on any atom is -0.478 e. The minimum atomic E-state index is -1.20. The van der Waals surface area contributed by atoms with Gasteiger partial charge in [0.2, 0.25) is 0 Å². The minimum absolute atomic E-state index is 0.0363. The highest BCUT2D eigenvalue weighted by Crippen LogP contribution is 2.11. The lowest BCUT2D eigenvalue weighted by molar-refractivity contribution is 0.0696. The van der Waals surface area contributed by atoms with Crippen LogP contribution in [0.25, 0.3) is 0 Å². The zero-order valence-electron chi connectivity index (χ0n) is 9.21. The first-order valence-corrected chi connectivity index (χ1v) is 5.12. The first kappa shape index (κ1) is 12.0. The summed E-state index contributed by atoms with van der Waals surface area (Å²) < 4.78 is 14.7. The van der Waals surface area contributed by atoms with E-state index < -0.39 is 11.8 Å². The summed E-state index contributed by atoms with van der Waals surface area (Å²) >= 11 is 0. The van der Waals surface area contributed by atoms with E-state index in [1.165, 1.54) is 30.5 Å². The molecular weight excluding hydrogens is 239 g/mol. The Balaban J connectivity index is 2.33. The molecule has 2 aromatic rings. The maximum atomic E-state index is 13.6. The lowest BCUT2D eigenvalue weighted by Gasteiger charge is -2.05. The molecule has 0 fully saturated rings. The second-order valence-corrected chi connectivity index (χ2v) is 3.63. The van der Waals surface area contributed by atoms with Gasteiger partial charge in [0.05, 0.1) is 12.1 Å². The number of nitrogens with zero attached hydrogens (tertiary/aromatic N) is 2. The lowest BCUT2D eigenvalue weighted by atomic mass is 10.1. The zero-order valence-corrected chi connectivity index (χ0v) is 9.21. The van der Waals surface area contributed by atoms with E-state index in [0.29, 0.717) is 0 Å². The van der Waals surface area contributed by atoms with Crippen LogP contribution >= 0.6 is 0 Å². The molecule has 0 atom stereocenters. The van der Waals surface area contributed by atoms with Gasteiger partial charge in [-0.15, -0.1) is 0 Å². The Morgan fingerprint density at radius 2 is 2.17 bits per heavy atom. The number of carboxylic acid groups (broad SMARTS) is 1. The Hall–Kier alpha value is -2.50. The van der Waals surface area contributed by atoms with Crippen LogP contribution in [0.2, 0.25) is 0 Å². The highest BCUT2D eigenvalue weighted by molar-refractivity contribution is 5.87. The van der Waals surface area contributed by atoms with Gasteiger partial charge >= 0.3 is 5.97 Å². The van der Waals surface area contributed by atoms with E-state index in [0.717, 1.165) is 10.7 Å². The van der Waals surface area contributed by atoms with E-state index >= 15 is 0 Å². The van der Waals surface area contributed by atoms with Crippen molar-refractivity contribution in [1.82, 2.24) is 9.78 Å². The van der Waals surface area contributed by atoms with Crippen molar-refractivity contribution in [2.75, 3.05) is 0 Å². The van der Waals surface area contributed by atoms with Crippen LogP contribution in [0.1, 0.15) is 15.9 Å². The van der Waals surface area contributed by atoms with Gasteiger partial charge in [-0.25, -0.2) is 13.9 Å². The highest BCUT2D eigenvalue weighted by atomic mass is 19.1. The first-order valence-electron chi connectivity index (χ1n) is 5.12. The van der Waals surface area contributed by atoms with Crippen molar-refractivity contribution in [2.45, 2.75) is 6.54 Å². The second-order valence-electron chi connectivity index (χ2n) is 3.63. The van der Waals surface area contributed by atoms with Gasteiger partial charge in [0.25, 0.3) is 5.56 Å². The Morgan fingerprint density at radius 1 is 1.39 bits per heavy atom. The number of carbonyl (C=O) groups is 1. The van der Waals surface area contributed by atoms with Crippen molar-refractivity contribution in [3.63, 3.8) is 0 Å². The molecule has 1 heterocycles. The molecule has 1 aromatic carbocycles. The van der Waals surface area contributed by atoms with Gasteiger partial charge in [0.1, 0.15) is 5.82 Å². The zero-order chi connectivity index (χ0) is 13.1. The van der Waals surface area contributed by atoms with Crippen LogP contribution in [-0.2, 0) is 6.54 Å². The third kappa shape index (κ3) is 2.42. The smallest absolute Gasteiger partial charge is 0.335 e. The molecule has 0 aliphatic heterocycles. The molecule has 0 aliphatic carbocycles. The predicted molar refractivity (Wildman–Crippen MR) is 61.0 cm³/mol. The largest absolute Gasteiger partial charge is 0.478 e. The summed E-state index contributed by atoms with van der Waals surface area (Å²) in [6.07, 6.45) is 1.42. The maximum absolute atomic E-state index is 13.6. The van der Waals surface area contributed by atoms with Crippen molar-refractivity contribution in [3.05, 3.63) is 63.8 Å².